The third-order valence-electron chi connectivity index (χ3n) is 4.65. The average Bonchev–Trinajstić information content (AvgIpc) is 2.98. The molecule has 0 saturated carbocycles. The Morgan fingerprint density at radius 3 is 2.79 bits per heavy atom. The van der Waals surface area contributed by atoms with Gasteiger partial charge in [-0.1, -0.05) is 13.0 Å². The molecule has 6 heteroatoms. The number of hydrogen-bond acceptors (Lipinski definition) is 4. The lowest BCUT2D eigenvalue weighted by molar-refractivity contribution is -0.120. The Labute approximate surface area is 141 Å². The molecule has 3 rings (SSSR count). The Kier molecular flexibility index (Phi) is 4.38. The number of nitrogens with zero attached hydrogens (tertiary/aromatic N) is 3. The van der Waals surface area contributed by atoms with Gasteiger partial charge in [0.15, 0.2) is 0 Å². The third-order valence-corrected chi connectivity index (χ3v) is 4.65. The minimum absolute atomic E-state index is 0.104. The molecule has 3 heterocycles. The van der Waals surface area contributed by atoms with Gasteiger partial charge in [-0.2, -0.15) is 0 Å². The maximum atomic E-state index is 12.7. The van der Waals surface area contributed by atoms with Gasteiger partial charge < -0.3 is 14.8 Å². The number of aromatic nitrogens is 2. The van der Waals surface area contributed by atoms with Crippen molar-refractivity contribution in [2.24, 2.45) is 18.9 Å². The van der Waals surface area contributed by atoms with E-state index in [1.165, 1.54) is 4.57 Å². The second-order valence-electron chi connectivity index (χ2n) is 6.46. The van der Waals surface area contributed by atoms with Crippen molar-refractivity contribution in [3.63, 3.8) is 0 Å². The molecule has 1 amide bonds. The summed E-state index contributed by atoms with van der Waals surface area (Å²) in [7, 11) is 1.68. The zero-order chi connectivity index (χ0) is 17.3. The summed E-state index contributed by atoms with van der Waals surface area (Å²) in [6.07, 6.45) is 3.46. The average molecular weight is 326 g/mol. The Morgan fingerprint density at radius 2 is 2.08 bits per heavy atom. The molecule has 1 N–H and O–H groups in total. The van der Waals surface area contributed by atoms with Crippen LogP contribution >= 0.6 is 0 Å². The number of carbonyl (C=O) groups is 1. The van der Waals surface area contributed by atoms with Crippen molar-refractivity contribution in [1.82, 2.24) is 9.55 Å². The lowest BCUT2D eigenvalue weighted by atomic mass is 9.97. The van der Waals surface area contributed by atoms with Gasteiger partial charge in [-0.05, 0) is 36.6 Å². The van der Waals surface area contributed by atoms with E-state index in [4.69, 9.17) is 0 Å². The number of amides is 1. The van der Waals surface area contributed by atoms with Crippen LogP contribution in [0, 0.1) is 18.8 Å². The minimum atomic E-state index is -0.185. The van der Waals surface area contributed by atoms with Gasteiger partial charge >= 0.3 is 0 Å². The predicted octanol–water partition coefficient (Wildman–Crippen LogP) is 1.80. The van der Waals surface area contributed by atoms with Crippen LogP contribution in [0.15, 0.2) is 41.5 Å². The van der Waals surface area contributed by atoms with Gasteiger partial charge in [0.2, 0.25) is 5.91 Å². The van der Waals surface area contributed by atoms with E-state index >= 15 is 0 Å². The van der Waals surface area contributed by atoms with E-state index in [0.717, 1.165) is 17.9 Å². The maximum Gasteiger partial charge on any atom is 0.274 e. The Morgan fingerprint density at radius 1 is 1.29 bits per heavy atom. The van der Waals surface area contributed by atoms with E-state index in [2.05, 4.69) is 22.1 Å². The van der Waals surface area contributed by atoms with Gasteiger partial charge in [0, 0.05) is 32.5 Å². The molecule has 2 atom stereocenters. The van der Waals surface area contributed by atoms with Gasteiger partial charge in [-0.15, -0.1) is 0 Å². The minimum Gasteiger partial charge on any atom is -0.356 e. The SMILES string of the molecule is Cc1ccn(C)c(=O)c1NC(=O)[C@@H]1CN(c2ccccn2)C[C@H]1C. The van der Waals surface area contributed by atoms with Crippen LogP contribution in [0.3, 0.4) is 0 Å². The molecule has 6 nitrogen and oxygen atoms in total. The second kappa shape index (κ2) is 6.47. The van der Waals surface area contributed by atoms with E-state index in [1.54, 1.807) is 19.4 Å². The Hall–Kier alpha value is -2.63. The standard InChI is InChI=1S/C18H22N4O2/c1-12-7-9-21(3)18(24)16(12)20-17(23)14-11-22(10-13(14)2)15-6-4-5-8-19-15/h4-9,13-14H,10-11H2,1-3H3,(H,20,23)/t13-,14-/m1/s1. The second-order valence-corrected chi connectivity index (χ2v) is 6.46. The number of hydrogen-bond donors (Lipinski definition) is 1. The van der Waals surface area contributed by atoms with Crippen molar-refractivity contribution in [1.29, 1.82) is 0 Å². The molecule has 0 bridgehead atoms. The first-order valence-corrected chi connectivity index (χ1v) is 8.10. The summed E-state index contributed by atoms with van der Waals surface area (Å²) in [4.78, 5) is 31.4. The normalized spacial score (nSPS) is 20.2. The van der Waals surface area contributed by atoms with Crippen molar-refractivity contribution >= 4 is 17.4 Å². The topological polar surface area (TPSA) is 67.2 Å². The molecule has 2 aromatic rings. The third kappa shape index (κ3) is 3.04. The zero-order valence-electron chi connectivity index (χ0n) is 14.2. The lowest BCUT2D eigenvalue weighted by Crippen LogP contribution is -2.32. The molecule has 0 unspecified atom stereocenters. The first-order valence-electron chi connectivity index (χ1n) is 8.10. The fourth-order valence-electron chi connectivity index (χ4n) is 3.12. The summed E-state index contributed by atoms with van der Waals surface area (Å²) in [6.45, 7) is 5.27. The van der Waals surface area contributed by atoms with Gasteiger partial charge in [0.25, 0.3) is 5.56 Å². The van der Waals surface area contributed by atoms with E-state index < -0.39 is 0 Å². The van der Waals surface area contributed by atoms with E-state index in [0.29, 0.717) is 12.2 Å². The van der Waals surface area contributed by atoms with Crippen LogP contribution in [0.1, 0.15) is 12.5 Å². The molecule has 0 spiro atoms. The molecule has 2 aromatic heterocycles. The van der Waals surface area contributed by atoms with Crippen LogP contribution < -0.4 is 15.8 Å². The van der Waals surface area contributed by atoms with Crippen molar-refractivity contribution in [2.45, 2.75) is 13.8 Å². The van der Waals surface area contributed by atoms with Crippen LogP contribution in [0.25, 0.3) is 0 Å². The smallest absolute Gasteiger partial charge is 0.274 e. The lowest BCUT2D eigenvalue weighted by Gasteiger charge is -2.17. The molecule has 126 valence electrons. The van der Waals surface area contributed by atoms with Gasteiger partial charge in [-0.25, -0.2) is 4.98 Å². The number of rotatable bonds is 3. The predicted molar refractivity (Wildman–Crippen MR) is 94.2 cm³/mol. The molecule has 0 radical (unpaired) electrons. The van der Waals surface area contributed by atoms with Crippen molar-refractivity contribution in [2.75, 3.05) is 23.3 Å². The molecule has 1 aliphatic rings. The molecule has 24 heavy (non-hydrogen) atoms. The summed E-state index contributed by atoms with van der Waals surface area (Å²) in [6, 6.07) is 7.60. The van der Waals surface area contributed by atoms with Crippen LogP contribution in [-0.2, 0) is 11.8 Å². The quantitative estimate of drug-likeness (QED) is 0.934. The summed E-state index contributed by atoms with van der Waals surface area (Å²) in [5, 5.41) is 2.84. The van der Waals surface area contributed by atoms with Crippen LogP contribution in [0.2, 0.25) is 0 Å². The van der Waals surface area contributed by atoms with Gasteiger partial charge in [-0.3, -0.25) is 9.59 Å². The summed E-state index contributed by atoms with van der Waals surface area (Å²) >= 11 is 0. The van der Waals surface area contributed by atoms with E-state index in [9.17, 15) is 9.59 Å². The summed E-state index contributed by atoms with van der Waals surface area (Å²) < 4.78 is 1.47. The van der Waals surface area contributed by atoms with Crippen LogP contribution in [0.4, 0.5) is 11.5 Å². The Bertz CT molecular complexity index is 800. The Balaban J connectivity index is 1.77. The molecular formula is C18H22N4O2. The van der Waals surface area contributed by atoms with Gasteiger partial charge in [0.1, 0.15) is 11.5 Å². The molecule has 1 fully saturated rings. The van der Waals surface area contributed by atoms with Crippen LogP contribution in [-0.4, -0.2) is 28.5 Å². The zero-order valence-corrected chi connectivity index (χ0v) is 14.2. The monoisotopic (exact) mass is 326 g/mol. The highest BCUT2D eigenvalue weighted by molar-refractivity contribution is 5.94. The van der Waals surface area contributed by atoms with E-state index in [-0.39, 0.29) is 23.3 Å². The highest BCUT2D eigenvalue weighted by atomic mass is 16.2. The number of anilines is 2. The molecule has 0 aromatic carbocycles. The largest absolute Gasteiger partial charge is 0.356 e. The first kappa shape index (κ1) is 16.2. The fourth-order valence-corrected chi connectivity index (χ4v) is 3.12. The highest BCUT2D eigenvalue weighted by Crippen LogP contribution is 2.27. The number of aryl methyl sites for hydroxylation is 2. The summed E-state index contributed by atoms with van der Waals surface area (Å²) in [5.74, 6) is 0.801. The maximum absolute atomic E-state index is 12.7. The fraction of sp³-hybridized carbons (Fsp3) is 0.389. The number of carbonyl (C=O) groups excluding carboxylic acids is 1. The molecule has 1 aliphatic heterocycles. The van der Waals surface area contributed by atoms with Crippen molar-refractivity contribution in [3.8, 4) is 0 Å². The number of nitrogens with one attached hydrogen (secondary N) is 1. The van der Waals surface area contributed by atoms with E-state index in [1.807, 2.05) is 31.2 Å². The van der Waals surface area contributed by atoms with Gasteiger partial charge in [0.05, 0.1) is 5.92 Å². The number of pyridine rings is 2. The first-order chi connectivity index (χ1) is 11.5. The molecule has 0 aliphatic carbocycles. The van der Waals surface area contributed by atoms with Crippen molar-refractivity contribution < 1.29 is 4.79 Å². The summed E-state index contributed by atoms with van der Waals surface area (Å²) in [5.41, 5.74) is 0.961. The van der Waals surface area contributed by atoms with Crippen LogP contribution in [0.5, 0.6) is 0 Å². The van der Waals surface area contributed by atoms with Crippen molar-refractivity contribution in [3.05, 3.63) is 52.6 Å². The molecule has 1 saturated heterocycles. The molecular weight excluding hydrogens is 304 g/mol. The highest BCUT2D eigenvalue weighted by Gasteiger charge is 2.35.